The van der Waals surface area contributed by atoms with Crippen molar-refractivity contribution in [2.75, 3.05) is 32.8 Å². The molecule has 2 N–H and O–H groups in total. The number of aliphatic hydroxyl groups excluding tert-OH is 2. The van der Waals surface area contributed by atoms with Crippen LogP contribution < -0.4 is 5.56 Å². The molecule has 2 aromatic heterocycles. The Morgan fingerprint density at radius 2 is 1.67 bits per heavy atom. The number of halogens is 1. The van der Waals surface area contributed by atoms with Gasteiger partial charge < -0.3 is 19.5 Å². The van der Waals surface area contributed by atoms with Gasteiger partial charge in [-0.2, -0.15) is 0 Å². The number of fused-ring (bicyclic) bond motifs is 5. The lowest BCUT2D eigenvalue weighted by Crippen LogP contribution is -2.37. The number of ether oxygens (including phenoxy) is 1. The standard InChI is InChI=1S/C25H26ClN3O4/c26-24-22-19-12-16(14-30)17(15-31)13-20(19)25(32)29(7-3-6-28-8-10-33-11-9-28)23(22)18-4-1-2-5-21(18)27-24/h1-2,4-5,12-13,30-31H,3,6-11,14-15H2. The quantitative estimate of drug-likeness (QED) is 0.335. The van der Waals surface area contributed by atoms with Crippen molar-refractivity contribution in [2.45, 2.75) is 26.2 Å². The summed E-state index contributed by atoms with van der Waals surface area (Å²) < 4.78 is 7.23. The van der Waals surface area contributed by atoms with E-state index in [1.807, 2.05) is 24.3 Å². The first-order valence-electron chi connectivity index (χ1n) is 11.2. The van der Waals surface area contributed by atoms with Crippen LogP contribution in [0.15, 0.2) is 41.2 Å². The van der Waals surface area contributed by atoms with Gasteiger partial charge in [-0.15, -0.1) is 0 Å². The highest BCUT2D eigenvalue weighted by atomic mass is 35.5. The summed E-state index contributed by atoms with van der Waals surface area (Å²) in [4.78, 5) is 20.7. The molecule has 0 atom stereocenters. The summed E-state index contributed by atoms with van der Waals surface area (Å²) in [5.41, 5.74) is 2.45. The van der Waals surface area contributed by atoms with E-state index in [0.29, 0.717) is 39.0 Å². The number of aryl methyl sites for hydroxylation is 1. The van der Waals surface area contributed by atoms with Gasteiger partial charge in [0.15, 0.2) is 0 Å². The molecule has 8 heteroatoms. The fraction of sp³-hybridized carbons (Fsp3) is 0.360. The van der Waals surface area contributed by atoms with Crippen molar-refractivity contribution < 1.29 is 14.9 Å². The molecule has 172 valence electrons. The molecule has 1 aliphatic rings. The second-order valence-corrected chi connectivity index (χ2v) is 8.75. The first kappa shape index (κ1) is 22.3. The molecule has 33 heavy (non-hydrogen) atoms. The average molecular weight is 468 g/mol. The molecule has 1 fully saturated rings. The highest BCUT2D eigenvalue weighted by Crippen LogP contribution is 2.34. The van der Waals surface area contributed by atoms with Crippen LogP contribution in [-0.2, 0) is 24.5 Å². The number of hydrogen-bond donors (Lipinski definition) is 2. The Morgan fingerprint density at radius 1 is 0.970 bits per heavy atom. The van der Waals surface area contributed by atoms with Gasteiger partial charge in [0.2, 0.25) is 0 Å². The number of hydrogen-bond acceptors (Lipinski definition) is 6. The molecule has 0 aliphatic carbocycles. The Morgan fingerprint density at radius 3 is 2.39 bits per heavy atom. The molecular weight excluding hydrogens is 442 g/mol. The van der Waals surface area contributed by atoms with Crippen molar-refractivity contribution >= 4 is 44.2 Å². The maximum atomic E-state index is 13.8. The van der Waals surface area contributed by atoms with Crippen LogP contribution in [-0.4, -0.2) is 57.5 Å². The zero-order valence-corrected chi connectivity index (χ0v) is 19.0. The molecular formula is C25H26ClN3O4. The molecule has 2 aromatic carbocycles. The van der Waals surface area contributed by atoms with E-state index in [4.69, 9.17) is 16.3 Å². The molecule has 3 heterocycles. The minimum absolute atomic E-state index is 0.133. The van der Waals surface area contributed by atoms with Gasteiger partial charge in [-0.25, -0.2) is 4.98 Å². The largest absolute Gasteiger partial charge is 0.392 e. The first-order valence-corrected chi connectivity index (χ1v) is 11.6. The smallest absolute Gasteiger partial charge is 0.258 e. The van der Waals surface area contributed by atoms with E-state index in [9.17, 15) is 15.0 Å². The minimum Gasteiger partial charge on any atom is -0.392 e. The predicted molar refractivity (Wildman–Crippen MR) is 130 cm³/mol. The van der Waals surface area contributed by atoms with Gasteiger partial charge in [0, 0.05) is 47.7 Å². The van der Waals surface area contributed by atoms with Gasteiger partial charge in [0.25, 0.3) is 5.56 Å². The minimum atomic E-state index is -0.260. The summed E-state index contributed by atoms with van der Waals surface area (Å²) in [6.45, 7) is 4.18. The van der Waals surface area contributed by atoms with E-state index in [1.54, 1.807) is 16.7 Å². The van der Waals surface area contributed by atoms with Crippen LogP contribution in [0.4, 0.5) is 0 Å². The fourth-order valence-electron chi connectivity index (χ4n) is 4.79. The second kappa shape index (κ2) is 9.37. The van der Waals surface area contributed by atoms with Crippen molar-refractivity contribution in [3.8, 4) is 0 Å². The molecule has 0 spiro atoms. The number of benzene rings is 2. The number of aromatic nitrogens is 2. The lowest BCUT2D eigenvalue weighted by molar-refractivity contribution is 0.0369. The highest BCUT2D eigenvalue weighted by Gasteiger charge is 2.19. The number of pyridine rings is 2. The number of aliphatic hydroxyl groups is 2. The molecule has 0 bridgehead atoms. The van der Waals surface area contributed by atoms with Crippen LogP contribution in [0.1, 0.15) is 17.5 Å². The lowest BCUT2D eigenvalue weighted by atomic mass is 9.98. The third-order valence-corrected chi connectivity index (χ3v) is 6.75. The maximum absolute atomic E-state index is 13.8. The van der Waals surface area contributed by atoms with Gasteiger partial charge in [-0.05, 0) is 35.7 Å². The topological polar surface area (TPSA) is 87.8 Å². The van der Waals surface area contributed by atoms with E-state index >= 15 is 0 Å². The summed E-state index contributed by atoms with van der Waals surface area (Å²) in [7, 11) is 0. The molecule has 0 amide bonds. The summed E-state index contributed by atoms with van der Waals surface area (Å²) >= 11 is 6.70. The summed E-state index contributed by atoms with van der Waals surface area (Å²) in [5.74, 6) is 0. The lowest BCUT2D eigenvalue weighted by Gasteiger charge is -2.26. The third-order valence-electron chi connectivity index (χ3n) is 6.48. The van der Waals surface area contributed by atoms with Crippen LogP contribution in [0.3, 0.4) is 0 Å². The van der Waals surface area contributed by atoms with Gasteiger partial charge in [0.05, 0.1) is 37.5 Å². The number of nitrogens with zero attached hydrogens (tertiary/aromatic N) is 3. The molecule has 7 nitrogen and oxygen atoms in total. The second-order valence-electron chi connectivity index (χ2n) is 8.39. The van der Waals surface area contributed by atoms with Crippen LogP contribution >= 0.6 is 11.6 Å². The molecule has 1 aliphatic heterocycles. The Balaban J connectivity index is 1.75. The highest BCUT2D eigenvalue weighted by molar-refractivity contribution is 6.38. The van der Waals surface area contributed by atoms with Crippen molar-refractivity contribution in [1.82, 2.24) is 14.5 Å². The average Bonchev–Trinajstić information content (AvgIpc) is 2.85. The van der Waals surface area contributed by atoms with Crippen molar-refractivity contribution in [2.24, 2.45) is 0 Å². The van der Waals surface area contributed by atoms with Crippen LogP contribution in [0.5, 0.6) is 0 Å². The normalized spacial score (nSPS) is 15.1. The third kappa shape index (κ3) is 4.00. The Labute approximate surface area is 195 Å². The van der Waals surface area contributed by atoms with Crippen molar-refractivity contribution in [3.63, 3.8) is 0 Å². The van der Waals surface area contributed by atoms with E-state index in [1.165, 1.54) is 0 Å². The monoisotopic (exact) mass is 467 g/mol. The van der Waals surface area contributed by atoms with Gasteiger partial charge >= 0.3 is 0 Å². The molecule has 1 saturated heterocycles. The molecule has 0 unspecified atom stereocenters. The number of para-hydroxylation sites is 1. The Bertz CT molecular complexity index is 1400. The Kier molecular flexibility index (Phi) is 6.32. The van der Waals surface area contributed by atoms with Gasteiger partial charge in [0.1, 0.15) is 5.15 Å². The molecule has 0 radical (unpaired) electrons. The number of morpholine rings is 1. The van der Waals surface area contributed by atoms with E-state index in [2.05, 4.69) is 9.88 Å². The maximum Gasteiger partial charge on any atom is 0.258 e. The Hall–Kier alpha value is -2.55. The number of rotatable bonds is 6. The zero-order valence-electron chi connectivity index (χ0n) is 18.3. The SMILES string of the molecule is O=c1c2cc(CO)c(CO)cc2c2c(Cl)nc3ccccc3c2n1CCCN1CCOCC1. The van der Waals surface area contributed by atoms with Crippen molar-refractivity contribution in [1.29, 1.82) is 0 Å². The molecule has 4 aromatic rings. The van der Waals surface area contributed by atoms with Crippen LogP contribution in [0, 0.1) is 0 Å². The van der Waals surface area contributed by atoms with E-state index in [-0.39, 0.29) is 18.8 Å². The zero-order chi connectivity index (χ0) is 22.9. The summed E-state index contributed by atoms with van der Waals surface area (Å²) in [5, 5.41) is 22.6. The first-order chi connectivity index (χ1) is 16.1. The molecule has 5 rings (SSSR count). The van der Waals surface area contributed by atoms with Gasteiger partial charge in [-0.1, -0.05) is 29.8 Å². The predicted octanol–water partition coefficient (Wildman–Crippen LogP) is 3.06. The van der Waals surface area contributed by atoms with Crippen LogP contribution in [0.2, 0.25) is 5.15 Å². The van der Waals surface area contributed by atoms with E-state index in [0.717, 1.165) is 55.7 Å². The van der Waals surface area contributed by atoms with E-state index < -0.39 is 0 Å². The van der Waals surface area contributed by atoms with Gasteiger partial charge in [-0.3, -0.25) is 9.69 Å². The summed E-state index contributed by atoms with van der Waals surface area (Å²) in [6.07, 6.45) is 0.802. The molecule has 0 saturated carbocycles. The van der Waals surface area contributed by atoms with Crippen molar-refractivity contribution in [3.05, 3.63) is 63.0 Å². The fourth-order valence-corrected chi connectivity index (χ4v) is 5.07. The summed E-state index contributed by atoms with van der Waals surface area (Å²) in [6, 6.07) is 11.1. The van der Waals surface area contributed by atoms with Crippen LogP contribution in [0.25, 0.3) is 32.6 Å².